The molecule has 36 heavy (non-hydrogen) atoms. The van der Waals surface area contributed by atoms with Gasteiger partial charge in [0, 0.05) is 29.9 Å². The Bertz CT molecular complexity index is 1310. The molecule has 8 nitrogen and oxygen atoms in total. The van der Waals surface area contributed by atoms with Crippen LogP contribution >= 0.6 is 0 Å². The van der Waals surface area contributed by atoms with Gasteiger partial charge in [0.05, 0.1) is 11.4 Å². The van der Waals surface area contributed by atoms with Crippen LogP contribution in [0.5, 0.6) is 0 Å². The largest absolute Gasteiger partial charge is 0.435 e. The first-order chi connectivity index (χ1) is 17.2. The van der Waals surface area contributed by atoms with E-state index in [-0.39, 0.29) is 23.4 Å². The summed E-state index contributed by atoms with van der Waals surface area (Å²) in [5, 5.41) is 2.97. The molecule has 1 aromatic heterocycles. The summed E-state index contributed by atoms with van der Waals surface area (Å²) in [7, 11) is 0. The highest BCUT2D eigenvalue weighted by Gasteiger charge is 2.26. The van der Waals surface area contributed by atoms with Crippen molar-refractivity contribution < 1.29 is 18.3 Å². The molecule has 10 heteroatoms. The molecule has 1 unspecified atom stereocenters. The zero-order valence-electron chi connectivity index (χ0n) is 20.3. The number of hydrogen-bond acceptors (Lipinski definition) is 6. The number of nitrogens with two attached hydrogens (primary N) is 1. The van der Waals surface area contributed by atoms with Gasteiger partial charge in [-0.05, 0) is 87.4 Å². The number of hydrogen-bond donors (Lipinski definition) is 2. The highest BCUT2D eigenvalue weighted by Crippen LogP contribution is 2.30. The first-order valence-electron chi connectivity index (χ1n) is 11.9. The maximum atomic E-state index is 12.8. The number of nitrogen functional groups attached to an aromatic ring is 1. The molecule has 2 aliphatic rings. The molecule has 2 aromatic rings. The van der Waals surface area contributed by atoms with Gasteiger partial charge in [0.15, 0.2) is 0 Å². The van der Waals surface area contributed by atoms with Crippen molar-refractivity contribution >= 4 is 23.1 Å². The molecule has 1 fully saturated rings. The van der Waals surface area contributed by atoms with Crippen LogP contribution in [0.1, 0.15) is 44.6 Å². The monoisotopic (exact) mass is 497 g/mol. The lowest BCUT2D eigenvalue weighted by Gasteiger charge is -2.20. The van der Waals surface area contributed by atoms with Crippen molar-refractivity contribution in [3.05, 3.63) is 69.5 Å². The van der Waals surface area contributed by atoms with Gasteiger partial charge in [-0.1, -0.05) is 0 Å². The number of aromatic nitrogens is 2. The molecule has 0 bridgehead atoms. The number of nitrogens with one attached hydrogen (secondary N) is 1. The Morgan fingerprint density at radius 3 is 2.83 bits per heavy atom. The number of allylic oxidation sites excluding steroid dienone is 2. The lowest BCUT2D eigenvalue weighted by atomic mass is 9.96. The summed E-state index contributed by atoms with van der Waals surface area (Å²) in [5.41, 5.74) is 9.43. The van der Waals surface area contributed by atoms with Crippen molar-refractivity contribution in [2.45, 2.75) is 52.6 Å². The molecule has 1 saturated carbocycles. The van der Waals surface area contributed by atoms with Crippen LogP contribution in [0.25, 0.3) is 5.69 Å². The van der Waals surface area contributed by atoms with Gasteiger partial charge in [0.25, 0.3) is 0 Å². The van der Waals surface area contributed by atoms with Crippen molar-refractivity contribution in [2.24, 2.45) is 10.9 Å². The number of alkyl halides is 2. The fourth-order valence-electron chi connectivity index (χ4n) is 4.63. The van der Waals surface area contributed by atoms with E-state index in [1.165, 1.54) is 4.57 Å². The zero-order valence-corrected chi connectivity index (χ0v) is 20.3. The first kappa shape index (κ1) is 25.3. The molecule has 1 amide bonds. The predicted molar refractivity (Wildman–Crippen MR) is 134 cm³/mol. The molecule has 0 aliphatic heterocycles. The number of carbonyl (C=O) groups excluding carboxylic acids is 1. The van der Waals surface area contributed by atoms with E-state index in [4.69, 9.17) is 10.7 Å². The Hall–Kier alpha value is -3.82. The van der Waals surface area contributed by atoms with Gasteiger partial charge in [-0.2, -0.15) is 13.8 Å². The molecule has 1 heterocycles. The molecule has 2 aliphatic carbocycles. The lowest BCUT2D eigenvalue weighted by Crippen LogP contribution is -2.33. The van der Waals surface area contributed by atoms with Crippen LogP contribution in [0.15, 0.2) is 63.2 Å². The van der Waals surface area contributed by atoms with Crippen molar-refractivity contribution in [1.82, 2.24) is 14.9 Å². The zero-order chi connectivity index (χ0) is 25.8. The first-order valence-corrected chi connectivity index (χ1v) is 11.9. The fourth-order valence-corrected chi connectivity index (χ4v) is 4.63. The summed E-state index contributed by atoms with van der Waals surface area (Å²) < 4.78 is 31.3. The number of halogens is 2. The van der Waals surface area contributed by atoms with Crippen molar-refractivity contribution in [3.63, 3.8) is 0 Å². The number of anilines is 1. The van der Waals surface area contributed by atoms with Crippen LogP contribution in [0.3, 0.4) is 0 Å². The Labute approximate surface area is 207 Å². The summed E-state index contributed by atoms with van der Waals surface area (Å²) in [5.74, 6) is 0.0724. The highest BCUT2D eigenvalue weighted by atomic mass is 19.3. The number of aryl methyl sites for hydroxylation is 1. The molecule has 3 N–H and O–H groups in total. The summed E-state index contributed by atoms with van der Waals surface area (Å²) in [6.07, 6.45) is 6.85. The van der Waals surface area contributed by atoms with E-state index in [9.17, 15) is 18.4 Å². The number of amides is 1. The molecule has 0 spiro atoms. The van der Waals surface area contributed by atoms with Crippen molar-refractivity contribution in [3.8, 4) is 5.69 Å². The van der Waals surface area contributed by atoms with Crippen LogP contribution in [0, 0.1) is 12.8 Å². The third-order valence-electron chi connectivity index (χ3n) is 6.55. The average Bonchev–Trinajstić information content (AvgIpc) is 3.27. The van der Waals surface area contributed by atoms with Crippen LogP contribution in [0.4, 0.5) is 20.3 Å². The van der Waals surface area contributed by atoms with E-state index in [0.717, 1.165) is 36.2 Å². The summed E-state index contributed by atoms with van der Waals surface area (Å²) in [6, 6.07) is 7.11. The summed E-state index contributed by atoms with van der Waals surface area (Å²) in [6.45, 7) is 1.06. The van der Waals surface area contributed by atoms with Gasteiger partial charge in [0.2, 0.25) is 5.91 Å². The Morgan fingerprint density at radius 2 is 2.11 bits per heavy atom. The number of benzene rings is 1. The van der Waals surface area contributed by atoms with Crippen LogP contribution in [-0.4, -0.2) is 34.3 Å². The van der Waals surface area contributed by atoms with E-state index in [1.54, 1.807) is 25.3 Å². The van der Waals surface area contributed by atoms with E-state index < -0.39 is 12.3 Å². The fraction of sp³-hybridized carbons (Fsp3) is 0.385. The summed E-state index contributed by atoms with van der Waals surface area (Å²) in [4.78, 5) is 33.6. The molecular formula is C26H29F2N5O3. The third-order valence-corrected chi connectivity index (χ3v) is 6.55. The molecular weight excluding hydrogens is 468 g/mol. The van der Waals surface area contributed by atoms with Crippen LogP contribution < -0.4 is 16.7 Å². The van der Waals surface area contributed by atoms with E-state index in [2.05, 4.69) is 15.0 Å². The van der Waals surface area contributed by atoms with Gasteiger partial charge in [-0.15, -0.1) is 0 Å². The number of ether oxygens (including phenoxy) is 1. The Morgan fingerprint density at radius 1 is 1.31 bits per heavy atom. The van der Waals surface area contributed by atoms with Gasteiger partial charge in [-0.25, -0.2) is 4.79 Å². The molecule has 4 rings (SSSR count). The van der Waals surface area contributed by atoms with Gasteiger partial charge < -0.3 is 15.8 Å². The Balaban J connectivity index is 1.45. The maximum absolute atomic E-state index is 12.8. The van der Waals surface area contributed by atoms with E-state index >= 15 is 0 Å². The highest BCUT2D eigenvalue weighted by molar-refractivity contribution is 5.96. The molecule has 0 saturated heterocycles. The minimum absolute atomic E-state index is 0.0699. The topological polar surface area (TPSA) is 112 Å². The SMILES string of the molecule is CC1=C(C(=O)NCC2CCCC2=Nc2ccc(-n3ccc(N)nc3=O)cc2C)CCC=C1OC(F)F. The number of aliphatic imine (C=N–C) groups is 1. The van der Waals surface area contributed by atoms with Gasteiger partial charge >= 0.3 is 12.3 Å². The van der Waals surface area contributed by atoms with Crippen molar-refractivity contribution in [1.29, 1.82) is 0 Å². The normalized spacial score (nSPS) is 19.1. The second-order valence-corrected chi connectivity index (χ2v) is 8.97. The molecule has 1 aromatic carbocycles. The number of carbonyl (C=O) groups is 1. The molecule has 1 atom stereocenters. The quantitative estimate of drug-likeness (QED) is 0.591. The van der Waals surface area contributed by atoms with E-state index in [1.807, 2.05) is 25.1 Å². The van der Waals surface area contributed by atoms with Crippen LogP contribution in [-0.2, 0) is 9.53 Å². The number of rotatable bonds is 7. The predicted octanol–water partition coefficient (Wildman–Crippen LogP) is 4.35. The summed E-state index contributed by atoms with van der Waals surface area (Å²) >= 11 is 0. The van der Waals surface area contributed by atoms with Gasteiger partial charge in [-0.3, -0.25) is 14.4 Å². The smallest absolute Gasteiger partial charge is 0.387 e. The van der Waals surface area contributed by atoms with E-state index in [0.29, 0.717) is 36.2 Å². The Kier molecular flexibility index (Phi) is 7.61. The molecule has 190 valence electrons. The van der Waals surface area contributed by atoms with Crippen LogP contribution in [0.2, 0.25) is 0 Å². The molecule has 0 radical (unpaired) electrons. The second kappa shape index (κ2) is 10.8. The standard InChI is InChI=1S/C26H29F2N5O3/c1-15-13-18(33-12-11-23(29)32-26(33)35)9-10-20(15)31-21-7-3-5-17(21)14-30-24(34)19-6-4-8-22(16(19)2)36-25(27)28/h8-13,17,25H,3-7,14H2,1-2H3,(H,30,34)(H2,29,32,35). The lowest BCUT2D eigenvalue weighted by molar-refractivity contribution is -0.118. The van der Waals surface area contributed by atoms with Gasteiger partial charge in [0.1, 0.15) is 11.6 Å². The average molecular weight is 498 g/mol. The third kappa shape index (κ3) is 5.69. The number of nitrogens with zero attached hydrogens (tertiary/aromatic N) is 3. The van der Waals surface area contributed by atoms with Crippen molar-refractivity contribution in [2.75, 3.05) is 12.3 Å². The minimum Gasteiger partial charge on any atom is -0.435 e. The maximum Gasteiger partial charge on any atom is 0.387 e. The second-order valence-electron chi connectivity index (χ2n) is 8.97. The minimum atomic E-state index is -2.92.